The van der Waals surface area contributed by atoms with Gasteiger partial charge >= 0.3 is 5.69 Å². The van der Waals surface area contributed by atoms with Crippen LogP contribution in [0, 0.1) is 24.0 Å². The Kier molecular flexibility index (Phi) is 3.34. The molecule has 0 unspecified atom stereocenters. The third-order valence-corrected chi connectivity index (χ3v) is 2.59. The van der Waals surface area contributed by atoms with E-state index in [9.17, 15) is 20.3 Å². The number of nitrogens with zero attached hydrogens (tertiary/aromatic N) is 5. The Labute approximate surface area is 113 Å². The van der Waals surface area contributed by atoms with Gasteiger partial charge in [-0.2, -0.15) is 5.10 Å². The van der Waals surface area contributed by atoms with E-state index >= 15 is 0 Å². The summed E-state index contributed by atoms with van der Waals surface area (Å²) in [4.78, 5) is 9.97. The summed E-state index contributed by atoms with van der Waals surface area (Å²) in [6.45, 7) is 3.38. The Morgan fingerprint density at radius 3 is 2.40 bits per heavy atom. The van der Waals surface area contributed by atoms with Crippen LogP contribution in [0.1, 0.15) is 17.2 Å². The first-order valence-corrected chi connectivity index (χ1v) is 5.53. The molecule has 0 atom stereocenters. The van der Waals surface area contributed by atoms with Gasteiger partial charge in [-0.15, -0.1) is 10.2 Å². The monoisotopic (exact) mass is 277 g/mol. The second-order valence-electron chi connectivity index (χ2n) is 4.01. The number of phenolic OH excluding ortho intramolecular Hbond substituents is 2. The summed E-state index contributed by atoms with van der Waals surface area (Å²) >= 11 is 0. The van der Waals surface area contributed by atoms with Crippen molar-refractivity contribution in [2.45, 2.75) is 13.8 Å². The van der Waals surface area contributed by atoms with Crippen molar-refractivity contribution in [2.24, 2.45) is 5.10 Å². The Balaban J connectivity index is 2.44. The summed E-state index contributed by atoms with van der Waals surface area (Å²) in [5.41, 5.74) is -0.413. The van der Waals surface area contributed by atoms with Crippen LogP contribution in [0.5, 0.6) is 11.5 Å². The molecule has 9 heteroatoms. The van der Waals surface area contributed by atoms with Crippen LogP contribution in [0.4, 0.5) is 5.69 Å². The van der Waals surface area contributed by atoms with Crippen molar-refractivity contribution < 1.29 is 15.1 Å². The number of nitro benzene ring substituents is 1. The molecule has 0 bridgehead atoms. The minimum atomic E-state index is -0.749. The quantitative estimate of drug-likeness (QED) is 0.491. The third kappa shape index (κ3) is 2.41. The summed E-state index contributed by atoms with van der Waals surface area (Å²) in [6.07, 6.45) is 1.23. The van der Waals surface area contributed by atoms with Gasteiger partial charge in [-0.05, 0) is 13.8 Å². The summed E-state index contributed by atoms with van der Waals surface area (Å²) in [5.74, 6) is 0.138. The zero-order valence-electron chi connectivity index (χ0n) is 10.7. The predicted octanol–water partition coefficient (Wildman–Crippen LogP) is 1.10. The highest BCUT2D eigenvalue weighted by Gasteiger charge is 2.16. The predicted molar refractivity (Wildman–Crippen MR) is 68.9 cm³/mol. The maximum atomic E-state index is 10.7. The Hall–Kier alpha value is -2.97. The molecule has 0 aliphatic carbocycles. The van der Waals surface area contributed by atoms with Crippen molar-refractivity contribution in [1.29, 1.82) is 0 Å². The van der Waals surface area contributed by atoms with E-state index < -0.39 is 16.4 Å². The maximum Gasteiger partial charge on any atom is 0.311 e. The third-order valence-electron chi connectivity index (χ3n) is 2.59. The van der Waals surface area contributed by atoms with Gasteiger partial charge in [-0.3, -0.25) is 10.1 Å². The highest BCUT2D eigenvalue weighted by Crippen LogP contribution is 2.32. The smallest absolute Gasteiger partial charge is 0.311 e. The Bertz CT molecular complexity index is 688. The molecule has 0 saturated carbocycles. The van der Waals surface area contributed by atoms with Crippen molar-refractivity contribution in [3.63, 3.8) is 0 Å². The van der Waals surface area contributed by atoms with E-state index in [1.807, 2.05) is 0 Å². The van der Waals surface area contributed by atoms with Crippen molar-refractivity contribution in [2.75, 3.05) is 0 Å². The lowest BCUT2D eigenvalue weighted by Crippen LogP contribution is -1.97. The molecule has 1 heterocycles. The van der Waals surface area contributed by atoms with Crippen molar-refractivity contribution in [3.8, 4) is 11.5 Å². The SMILES string of the molecule is Cc1nnc(C)n1/N=C\c1cc([N+](=O)[O-])c(O)cc1O. The molecule has 0 amide bonds. The van der Waals surface area contributed by atoms with Crippen LogP contribution >= 0.6 is 0 Å². The highest BCUT2D eigenvalue weighted by molar-refractivity contribution is 5.85. The van der Waals surface area contributed by atoms with E-state index in [-0.39, 0.29) is 11.3 Å². The van der Waals surface area contributed by atoms with Crippen molar-refractivity contribution in [1.82, 2.24) is 14.9 Å². The van der Waals surface area contributed by atoms with Crippen molar-refractivity contribution in [3.05, 3.63) is 39.5 Å². The van der Waals surface area contributed by atoms with Crippen LogP contribution < -0.4 is 0 Å². The molecular weight excluding hydrogens is 266 g/mol. The standard InChI is InChI=1S/C11H11N5O4/c1-6-13-14-7(2)15(6)12-5-8-3-9(16(19)20)11(18)4-10(8)17/h3-5,17-18H,1-2H3/b12-5-. The number of phenols is 2. The van der Waals surface area contributed by atoms with Crippen LogP contribution in [0.25, 0.3) is 0 Å². The lowest BCUT2D eigenvalue weighted by atomic mass is 10.2. The van der Waals surface area contributed by atoms with Gasteiger partial charge < -0.3 is 10.2 Å². The van der Waals surface area contributed by atoms with Crippen LogP contribution in [-0.2, 0) is 0 Å². The van der Waals surface area contributed by atoms with Gasteiger partial charge in [-0.1, -0.05) is 0 Å². The lowest BCUT2D eigenvalue weighted by Gasteiger charge is -2.02. The molecule has 2 N–H and O–H groups in total. The number of hydrogen-bond acceptors (Lipinski definition) is 7. The average Bonchev–Trinajstić information content (AvgIpc) is 2.68. The van der Waals surface area contributed by atoms with E-state index in [2.05, 4.69) is 15.3 Å². The molecular formula is C11H11N5O4. The average molecular weight is 277 g/mol. The number of aromatic hydroxyl groups is 2. The van der Waals surface area contributed by atoms with E-state index in [1.54, 1.807) is 13.8 Å². The van der Waals surface area contributed by atoms with Gasteiger partial charge in [0.2, 0.25) is 0 Å². The summed E-state index contributed by atoms with van der Waals surface area (Å²) in [7, 11) is 0. The first-order chi connectivity index (χ1) is 9.40. The molecule has 9 nitrogen and oxygen atoms in total. The molecule has 0 radical (unpaired) electrons. The molecule has 20 heavy (non-hydrogen) atoms. The first kappa shape index (κ1) is 13.5. The molecule has 2 rings (SSSR count). The number of rotatable bonds is 3. The van der Waals surface area contributed by atoms with Gasteiger partial charge in [0.25, 0.3) is 0 Å². The van der Waals surface area contributed by atoms with Gasteiger partial charge in [0, 0.05) is 17.7 Å². The number of benzene rings is 1. The fourth-order valence-corrected chi connectivity index (χ4v) is 1.58. The van der Waals surface area contributed by atoms with E-state index in [0.29, 0.717) is 11.6 Å². The van der Waals surface area contributed by atoms with Crippen LogP contribution in [-0.4, -0.2) is 36.2 Å². The molecule has 0 saturated heterocycles. The fraction of sp³-hybridized carbons (Fsp3) is 0.182. The molecule has 0 aliphatic rings. The van der Waals surface area contributed by atoms with E-state index in [0.717, 1.165) is 12.1 Å². The minimum Gasteiger partial charge on any atom is -0.507 e. The fourth-order valence-electron chi connectivity index (χ4n) is 1.58. The lowest BCUT2D eigenvalue weighted by molar-refractivity contribution is -0.385. The molecule has 0 spiro atoms. The van der Waals surface area contributed by atoms with Crippen LogP contribution in [0.3, 0.4) is 0 Å². The highest BCUT2D eigenvalue weighted by atomic mass is 16.6. The summed E-state index contributed by atoms with van der Waals surface area (Å²) < 4.78 is 1.41. The first-order valence-electron chi connectivity index (χ1n) is 5.53. The van der Waals surface area contributed by atoms with Crippen LogP contribution in [0.2, 0.25) is 0 Å². The topological polar surface area (TPSA) is 127 Å². The zero-order valence-corrected chi connectivity index (χ0v) is 10.7. The second-order valence-corrected chi connectivity index (χ2v) is 4.01. The van der Waals surface area contributed by atoms with Gasteiger partial charge in [0.05, 0.1) is 11.1 Å². The molecule has 1 aromatic carbocycles. The number of aromatic nitrogens is 3. The number of nitro groups is 1. The van der Waals surface area contributed by atoms with Gasteiger partial charge in [0.1, 0.15) is 5.75 Å². The van der Waals surface area contributed by atoms with E-state index in [4.69, 9.17) is 0 Å². The normalized spacial score (nSPS) is 11.1. The second kappa shape index (κ2) is 4.96. The maximum absolute atomic E-state index is 10.7. The van der Waals surface area contributed by atoms with Crippen molar-refractivity contribution >= 4 is 11.9 Å². The Morgan fingerprint density at radius 1 is 1.25 bits per heavy atom. The van der Waals surface area contributed by atoms with Crippen LogP contribution in [0.15, 0.2) is 17.2 Å². The van der Waals surface area contributed by atoms with E-state index in [1.165, 1.54) is 10.9 Å². The molecule has 0 aliphatic heterocycles. The Morgan fingerprint density at radius 2 is 1.85 bits per heavy atom. The zero-order chi connectivity index (χ0) is 14.9. The van der Waals surface area contributed by atoms with Gasteiger partial charge in [-0.25, -0.2) is 4.68 Å². The molecule has 0 fully saturated rings. The summed E-state index contributed by atoms with van der Waals surface area (Å²) in [6, 6.07) is 1.93. The molecule has 104 valence electrons. The number of hydrogen-bond donors (Lipinski definition) is 2. The molecule has 1 aromatic heterocycles. The van der Waals surface area contributed by atoms with Gasteiger partial charge in [0.15, 0.2) is 17.4 Å². The minimum absolute atomic E-state index is 0.0991. The summed E-state index contributed by atoms with van der Waals surface area (Å²) in [5, 5.41) is 41.4. The number of aryl methyl sites for hydroxylation is 2. The molecule has 2 aromatic rings. The largest absolute Gasteiger partial charge is 0.507 e.